The fourth-order valence-corrected chi connectivity index (χ4v) is 1.66. The third-order valence-corrected chi connectivity index (χ3v) is 2.60. The summed E-state index contributed by atoms with van der Waals surface area (Å²) in [5.74, 6) is -1.55. The van der Waals surface area contributed by atoms with Gasteiger partial charge in [-0.2, -0.15) is 5.10 Å². The Hall–Kier alpha value is -2.14. The molecule has 0 saturated carbocycles. The van der Waals surface area contributed by atoms with Gasteiger partial charge in [-0.25, -0.2) is 4.68 Å². The first-order valence-electron chi connectivity index (χ1n) is 5.25. The molecule has 88 valence electrons. The maximum Gasteiger partial charge on any atom is 0.312 e. The van der Waals surface area contributed by atoms with E-state index in [1.165, 1.54) is 0 Å². The standard InChI is InChI=1S/C12H13N3O2/c13-8-11(12(16)17)9-2-4-10(5-3-9)15-7-1-6-14-15/h1-7,11H,8,13H2,(H,16,17). The lowest BCUT2D eigenvalue weighted by Crippen LogP contribution is -2.21. The largest absolute Gasteiger partial charge is 0.481 e. The summed E-state index contributed by atoms with van der Waals surface area (Å²) in [6, 6.07) is 9.01. The van der Waals surface area contributed by atoms with Crippen molar-refractivity contribution in [2.45, 2.75) is 5.92 Å². The van der Waals surface area contributed by atoms with Crippen molar-refractivity contribution in [1.29, 1.82) is 0 Å². The highest BCUT2D eigenvalue weighted by molar-refractivity contribution is 5.76. The summed E-state index contributed by atoms with van der Waals surface area (Å²) in [4.78, 5) is 10.9. The van der Waals surface area contributed by atoms with Gasteiger partial charge in [-0.05, 0) is 23.8 Å². The highest BCUT2D eigenvalue weighted by atomic mass is 16.4. The Morgan fingerprint density at radius 3 is 2.59 bits per heavy atom. The minimum absolute atomic E-state index is 0.0937. The molecule has 2 aromatic rings. The van der Waals surface area contributed by atoms with Gasteiger partial charge in [0.1, 0.15) is 0 Å². The summed E-state index contributed by atoms with van der Waals surface area (Å²) in [6.45, 7) is 0.0937. The predicted molar refractivity (Wildman–Crippen MR) is 63.0 cm³/mol. The molecule has 1 atom stereocenters. The van der Waals surface area contributed by atoms with Crippen molar-refractivity contribution in [2.24, 2.45) is 5.73 Å². The van der Waals surface area contributed by atoms with Crippen molar-refractivity contribution < 1.29 is 9.90 Å². The second kappa shape index (κ2) is 4.80. The molecule has 0 amide bonds. The minimum Gasteiger partial charge on any atom is -0.481 e. The van der Waals surface area contributed by atoms with E-state index >= 15 is 0 Å². The summed E-state index contributed by atoms with van der Waals surface area (Å²) in [5, 5.41) is 13.1. The van der Waals surface area contributed by atoms with Gasteiger partial charge in [0, 0.05) is 18.9 Å². The van der Waals surface area contributed by atoms with Crippen molar-refractivity contribution >= 4 is 5.97 Å². The number of nitrogens with zero attached hydrogens (tertiary/aromatic N) is 2. The molecular formula is C12H13N3O2. The molecule has 17 heavy (non-hydrogen) atoms. The Labute approximate surface area is 98.5 Å². The summed E-state index contributed by atoms with van der Waals surface area (Å²) in [6.07, 6.45) is 3.51. The number of carboxylic acids is 1. The van der Waals surface area contributed by atoms with Gasteiger partial charge in [-0.3, -0.25) is 4.79 Å². The number of hydrogen-bond acceptors (Lipinski definition) is 3. The second-order valence-corrected chi connectivity index (χ2v) is 3.67. The van der Waals surface area contributed by atoms with Crippen LogP contribution in [0.2, 0.25) is 0 Å². The normalized spacial score (nSPS) is 12.3. The SMILES string of the molecule is NCC(C(=O)O)c1ccc(-n2cccn2)cc1. The van der Waals surface area contributed by atoms with Gasteiger partial charge in [-0.1, -0.05) is 12.1 Å². The first kappa shape index (κ1) is 11.3. The Morgan fingerprint density at radius 1 is 1.41 bits per heavy atom. The molecule has 0 saturated heterocycles. The Kier molecular flexibility index (Phi) is 3.20. The number of carbonyl (C=O) groups is 1. The minimum atomic E-state index is -0.903. The Bertz CT molecular complexity index is 491. The molecule has 3 N–H and O–H groups in total. The summed E-state index contributed by atoms with van der Waals surface area (Å²) < 4.78 is 1.71. The van der Waals surface area contributed by atoms with E-state index in [-0.39, 0.29) is 6.54 Å². The number of benzene rings is 1. The number of rotatable bonds is 4. The van der Waals surface area contributed by atoms with Crippen LogP contribution in [0.25, 0.3) is 5.69 Å². The third-order valence-electron chi connectivity index (χ3n) is 2.60. The lowest BCUT2D eigenvalue weighted by molar-refractivity contribution is -0.138. The van der Waals surface area contributed by atoms with Gasteiger partial charge in [-0.15, -0.1) is 0 Å². The molecule has 1 aromatic heterocycles. The highest BCUT2D eigenvalue weighted by Gasteiger charge is 2.17. The van der Waals surface area contributed by atoms with Gasteiger partial charge in [0.05, 0.1) is 11.6 Å². The maximum absolute atomic E-state index is 10.9. The van der Waals surface area contributed by atoms with E-state index in [0.29, 0.717) is 5.56 Å². The van der Waals surface area contributed by atoms with Crippen molar-refractivity contribution in [3.05, 3.63) is 48.3 Å². The van der Waals surface area contributed by atoms with E-state index in [1.54, 1.807) is 23.0 Å². The summed E-state index contributed by atoms with van der Waals surface area (Å²) in [5.41, 5.74) is 7.03. The zero-order valence-corrected chi connectivity index (χ0v) is 9.15. The monoisotopic (exact) mass is 231 g/mol. The van der Waals surface area contributed by atoms with Crippen molar-refractivity contribution in [1.82, 2.24) is 9.78 Å². The van der Waals surface area contributed by atoms with E-state index in [4.69, 9.17) is 10.8 Å². The van der Waals surface area contributed by atoms with E-state index in [0.717, 1.165) is 5.69 Å². The second-order valence-electron chi connectivity index (χ2n) is 3.67. The van der Waals surface area contributed by atoms with Crippen LogP contribution < -0.4 is 5.73 Å². The lowest BCUT2D eigenvalue weighted by atomic mass is 9.99. The first-order valence-corrected chi connectivity index (χ1v) is 5.25. The molecule has 0 radical (unpaired) electrons. The summed E-state index contributed by atoms with van der Waals surface area (Å²) in [7, 11) is 0. The molecule has 1 unspecified atom stereocenters. The van der Waals surface area contributed by atoms with Gasteiger partial charge in [0.2, 0.25) is 0 Å². The lowest BCUT2D eigenvalue weighted by Gasteiger charge is -2.10. The number of aliphatic carboxylic acids is 1. The molecule has 0 aliphatic rings. The molecule has 0 fully saturated rings. The van der Waals surface area contributed by atoms with Crippen LogP contribution in [-0.2, 0) is 4.79 Å². The van der Waals surface area contributed by atoms with Crippen LogP contribution in [0.4, 0.5) is 0 Å². The van der Waals surface area contributed by atoms with Crippen LogP contribution in [0.15, 0.2) is 42.7 Å². The zero-order chi connectivity index (χ0) is 12.3. The van der Waals surface area contributed by atoms with Gasteiger partial charge in [0.15, 0.2) is 0 Å². The van der Waals surface area contributed by atoms with Gasteiger partial charge >= 0.3 is 5.97 Å². The molecule has 0 aliphatic heterocycles. The zero-order valence-electron chi connectivity index (χ0n) is 9.15. The Balaban J connectivity index is 2.26. The van der Waals surface area contributed by atoms with Crippen LogP contribution in [-0.4, -0.2) is 27.4 Å². The van der Waals surface area contributed by atoms with Gasteiger partial charge in [0.25, 0.3) is 0 Å². The molecule has 1 heterocycles. The Morgan fingerprint density at radius 2 is 2.12 bits per heavy atom. The number of nitrogens with two attached hydrogens (primary N) is 1. The van der Waals surface area contributed by atoms with E-state index in [1.807, 2.05) is 24.4 Å². The maximum atomic E-state index is 10.9. The molecule has 0 spiro atoms. The van der Waals surface area contributed by atoms with Crippen LogP contribution >= 0.6 is 0 Å². The number of aromatic nitrogens is 2. The third kappa shape index (κ3) is 2.34. The summed E-state index contributed by atoms with van der Waals surface area (Å²) >= 11 is 0. The van der Waals surface area contributed by atoms with Crippen LogP contribution in [0, 0.1) is 0 Å². The van der Waals surface area contributed by atoms with Crippen molar-refractivity contribution in [2.75, 3.05) is 6.54 Å². The van der Waals surface area contributed by atoms with Crippen molar-refractivity contribution in [3.8, 4) is 5.69 Å². The molecule has 5 nitrogen and oxygen atoms in total. The predicted octanol–water partition coefficient (Wildman–Crippen LogP) is 0.999. The van der Waals surface area contributed by atoms with E-state index in [9.17, 15) is 4.79 Å². The quantitative estimate of drug-likeness (QED) is 0.822. The molecule has 0 aliphatic carbocycles. The molecule has 1 aromatic carbocycles. The first-order chi connectivity index (χ1) is 8.22. The number of carboxylic acid groups (broad SMARTS) is 1. The molecule has 0 bridgehead atoms. The topological polar surface area (TPSA) is 81.1 Å². The highest BCUT2D eigenvalue weighted by Crippen LogP contribution is 2.17. The van der Waals surface area contributed by atoms with Crippen LogP contribution in [0.3, 0.4) is 0 Å². The fraction of sp³-hybridized carbons (Fsp3) is 0.167. The van der Waals surface area contributed by atoms with E-state index in [2.05, 4.69) is 5.10 Å². The molecule has 5 heteroatoms. The van der Waals surface area contributed by atoms with Crippen molar-refractivity contribution in [3.63, 3.8) is 0 Å². The van der Waals surface area contributed by atoms with Crippen LogP contribution in [0.5, 0.6) is 0 Å². The average Bonchev–Trinajstić information content (AvgIpc) is 2.84. The molecular weight excluding hydrogens is 218 g/mol. The number of hydrogen-bond donors (Lipinski definition) is 2. The average molecular weight is 231 g/mol. The van der Waals surface area contributed by atoms with Crippen LogP contribution in [0.1, 0.15) is 11.5 Å². The van der Waals surface area contributed by atoms with Gasteiger partial charge < -0.3 is 10.8 Å². The fourth-order valence-electron chi connectivity index (χ4n) is 1.66. The van der Waals surface area contributed by atoms with E-state index < -0.39 is 11.9 Å². The smallest absolute Gasteiger partial charge is 0.312 e. The molecule has 2 rings (SSSR count).